The number of sulfonamides is 1. The van der Waals surface area contributed by atoms with E-state index in [0.717, 1.165) is 24.0 Å². The fourth-order valence-corrected chi connectivity index (χ4v) is 5.38. The summed E-state index contributed by atoms with van der Waals surface area (Å²) in [7, 11) is -3.67. The maximum Gasteiger partial charge on any atom is 0.338 e. The first-order valence-electron chi connectivity index (χ1n) is 10.8. The number of carbonyl (C=O) groups is 2. The molecule has 0 atom stereocenters. The van der Waals surface area contributed by atoms with Crippen molar-refractivity contribution in [2.24, 2.45) is 0 Å². The van der Waals surface area contributed by atoms with Crippen molar-refractivity contribution in [1.82, 2.24) is 4.31 Å². The maximum absolute atomic E-state index is 12.8. The van der Waals surface area contributed by atoms with Crippen LogP contribution in [0, 0.1) is 25.2 Å². The van der Waals surface area contributed by atoms with Crippen LogP contribution in [0.3, 0.4) is 0 Å². The third-order valence-electron chi connectivity index (χ3n) is 5.37. The topological polar surface area (TPSA) is 108 Å². The summed E-state index contributed by atoms with van der Waals surface area (Å²) < 4.78 is 32.1. The molecule has 2 aromatic carbocycles. The lowest BCUT2D eigenvalue weighted by atomic mass is 10.1. The summed E-state index contributed by atoms with van der Waals surface area (Å²) in [5.41, 5.74) is 2.61. The fourth-order valence-electron chi connectivity index (χ4n) is 3.82. The van der Waals surface area contributed by atoms with Gasteiger partial charge in [0.15, 0.2) is 6.61 Å². The molecular formula is C24H27N3O5S. The maximum atomic E-state index is 12.8. The predicted octanol–water partition coefficient (Wildman–Crippen LogP) is 3.19. The van der Waals surface area contributed by atoms with Crippen LogP contribution in [0.25, 0.3) is 0 Å². The molecule has 8 nitrogen and oxygen atoms in total. The monoisotopic (exact) mass is 469 g/mol. The molecule has 0 unspecified atom stereocenters. The number of nitriles is 1. The second kappa shape index (κ2) is 10.6. The molecule has 174 valence electrons. The minimum atomic E-state index is -3.67. The zero-order valence-electron chi connectivity index (χ0n) is 18.8. The molecule has 1 amide bonds. The van der Waals surface area contributed by atoms with Crippen molar-refractivity contribution in [3.05, 3.63) is 59.2 Å². The molecule has 0 bridgehead atoms. The molecule has 1 saturated heterocycles. The van der Waals surface area contributed by atoms with Crippen LogP contribution in [0.15, 0.2) is 47.4 Å². The minimum Gasteiger partial charge on any atom is -0.452 e. The van der Waals surface area contributed by atoms with Crippen molar-refractivity contribution in [3.8, 4) is 6.07 Å². The Labute approximate surface area is 194 Å². The summed E-state index contributed by atoms with van der Waals surface area (Å²) in [6.07, 6.45) is 1.75. The van der Waals surface area contributed by atoms with Crippen LogP contribution in [0.5, 0.6) is 0 Å². The average molecular weight is 470 g/mol. The van der Waals surface area contributed by atoms with Gasteiger partial charge in [-0.15, -0.1) is 0 Å². The van der Waals surface area contributed by atoms with Gasteiger partial charge in [0.1, 0.15) is 0 Å². The first kappa shape index (κ1) is 24.4. The number of carbonyl (C=O) groups excluding carboxylic acids is 2. The molecule has 33 heavy (non-hydrogen) atoms. The van der Waals surface area contributed by atoms with Crippen LogP contribution in [0.1, 0.15) is 40.7 Å². The lowest BCUT2D eigenvalue weighted by Gasteiger charge is -2.22. The number of aryl methyl sites for hydroxylation is 2. The van der Waals surface area contributed by atoms with E-state index >= 15 is 0 Å². The van der Waals surface area contributed by atoms with Crippen molar-refractivity contribution in [1.29, 1.82) is 5.26 Å². The number of benzene rings is 2. The van der Waals surface area contributed by atoms with Gasteiger partial charge in [0, 0.05) is 25.3 Å². The number of esters is 1. The number of nitrogens with zero attached hydrogens (tertiary/aromatic N) is 3. The van der Waals surface area contributed by atoms with E-state index in [0.29, 0.717) is 18.8 Å². The molecule has 0 saturated carbocycles. The quantitative estimate of drug-likeness (QED) is 0.550. The van der Waals surface area contributed by atoms with E-state index in [2.05, 4.69) is 0 Å². The summed E-state index contributed by atoms with van der Waals surface area (Å²) in [5, 5.41) is 8.96. The van der Waals surface area contributed by atoms with Gasteiger partial charge in [-0.3, -0.25) is 4.79 Å². The Morgan fingerprint density at radius 3 is 2.39 bits per heavy atom. The van der Waals surface area contributed by atoms with Crippen molar-refractivity contribution >= 4 is 27.6 Å². The largest absolute Gasteiger partial charge is 0.452 e. The molecule has 0 aromatic heterocycles. The minimum absolute atomic E-state index is 0.0241. The van der Waals surface area contributed by atoms with Gasteiger partial charge in [0.2, 0.25) is 10.0 Å². The second-order valence-corrected chi connectivity index (χ2v) is 9.95. The summed E-state index contributed by atoms with van der Waals surface area (Å²) >= 11 is 0. The first-order chi connectivity index (χ1) is 15.7. The zero-order chi connectivity index (χ0) is 24.0. The van der Waals surface area contributed by atoms with E-state index in [1.807, 2.05) is 38.1 Å². The number of rotatable bonds is 8. The lowest BCUT2D eigenvalue weighted by Crippen LogP contribution is -2.35. The summed E-state index contributed by atoms with van der Waals surface area (Å²) in [4.78, 5) is 26.9. The molecule has 0 radical (unpaired) electrons. The Morgan fingerprint density at radius 1 is 1.09 bits per heavy atom. The fraction of sp³-hybridized carbons (Fsp3) is 0.375. The van der Waals surface area contributed by atoms with Crippen molar-refractivity contribution in [3.63, 3.8) is 0 Å². The van der Waals surface area contributed by atoms with Gasteiger partial charge < -0.3 is 9.64 Å². The normalized spacial score (nSPS) is 14.0. The van der Waals surface area contributed by atoms with E-state index in [1.165, 1.54) is 33.5 Å². The van der Waals surface area contributed by atoms with Crippen molar-refractivity contribution in [2.75, 3.05) is 31.1 Å². The SMILES string of the molecule is Cc1cc(C)cc(N(CCC#N)C(=O)COC(=O)c2cccc(S(=O)(=O)N3CCCC3)c2)c1. The number of ether oxygens (including phenoxy) is 1. The zero-order valence-corrected chi connectivity index (χ0v) is 19.6. The van der Waals surface area contributed by atoms with E-state index in [9.17, 15) is 18.0 Å². The third-order valence-corrected chi connectivity index (χ3v) is 7.26. The van der Waals surface area contributed by atoms with E-state index in [4.69, 9.17) is 10.00 Å². The number of hydrogen-bond acceptors (Lipinski definition) is 6. The van der Waals surface area contributed by atoms with E-state index < -0.39 is 28.5 Å². The van der Waals surface area contributed by atoms with Crippen LogP contribution >= 0.6 is 0 Å². The molecule has 2 aromatic rings. The predicted molar refractivity (Wildman–Crippen MR) is 123 cm³/mol. The molecule has 1 heterocycles. The van der Waals surface area contributed by atoms with Gasteiger partial charge in [-0.2, -0.15) is 9.57 Å². The molecule has 0 aliphatic carbocycles. The molecular weight excluding hydrogens is 442 g/mol. The van der Waals surface area contributed by atoms with Gasteiger partial charge in [-0.05, 0) is 68.1 Å². The Hall–Kier alpha value is -3.22. The number of hydrogen-bond donors (Lipinski definition) is 0. The number of anilines is 1. The molecule has 1 fully saturated rings. The van der Waals surface area contributed by atoms with Crippen molar-refractivity contribution in [2.45, 2.75) is 38.0 Å². The van der Waals surface area contributed by atoms with Crippen LogP contribution in [-0.4, -0.2) is 50.8 Å². The smallest absolute Gasteiger partial charge is 0.338 e. The Balaban J connectivity index is 1.72. The Morgan fingerprint density at radius 2 is 1.76 bits per heavy atom. The van der Waals surface area contributed by atoms with Gasteiger partial charge in [0.05, 0.1) is 22.9 Å². The highest BCUT2D eigenvalue weighted by atomic mass is 32.2. The average Bonchev–Trinajstić information content (AvgIpc) is 3.33. The van der Waals surface area contributed by atoms with Gasteiger partial charge in [-0.1, -0.05) is 12.1 Å². The summed E-state index contributed by atoms with van der Waals surface area (Å²) in [6, 6.07) is 13.3. The highest BCUT2D eigenvalue weighted by Gasteiger charge is 2.28. The van der Waals surface area contributed by atoms with Gasteiger partial charge >= 0.3 is 5.97 Å². The Kier molecular flexibility index (Phi) is 7.84. The highest BCUT2D eigenvalue weighted by molar-refractivity contribution is 7.89. The molecule has 0 spiro atoms. The molecule has 9 heteroatoms. The third kappa shape index (κ3) is 5.97. The van der Waals surface area contributed by atoms with Crippen LogP contribution in [-0.2, 0) is 19.6 Å². The standard InChI is InChI=1S/C24H27N3O5S/c1-18-13-19(2)15-21(14-18)27(12-6-9-25)23(28)17-32-24(29)20-7-5-8-22(16-20)33(30,31)26-10-3-4-11-26/h5,7-8,13-16H,3-4,6,10-12,17H2,1-2H3. The lowest BCUT2D eigenvalue weighted by molar-refractivity contribution is -0.121. The van der Waals surface area contributed by atoms with Crippen LogP contribution in [0.2, 0.25) is 0 Å². The van der Waals surface area contributed by atoms with Gasteiger partial charge in [0.25, 0.3) is 5.91 Å². The molecule has 3 rings (SSSR count). The van der Waals surface area contributed by atoms with E-state index in [1.54, 1.807) is 0 Å². The van der Waals surface area contributed by atoms with E-state index in [-0.39, 0.29) is 23.4 Å². The molecule has 1 aliphatic heterocycles. The number of amides is 1. The summed E-state index contributed by atoms with van der Waals surface area (Å²) in [6.45, 7) is 4.38. The second-order valence-electron chi connectivity index (χ2n) is 8.01. The van der Waals surface area contributed by atoms with Gasteiger partial charge in [-0.25, -0.2) is 13.2 Å². The summed E-state index contributed by atoms with van der Waals surface area (Å²) in [5.74, 6) is -1.26. The van der Waals surface area contributed by atoms with Crippen LogP contribution < -0.4 is 4.90 Å². The van der Waals surface area contributed by atoms with Crippen LogP contribution in [0.4, 0.5) is 5.69 Å². The van der Waals surface area contributed by atoms with Crippen molar-refractivity contribution < 1.29 is 22.7 Å². The Bertz CT molecular complexity index is 1160. The first-order valence-corrected chi connectivity index (χ1v) is 12.2. The molecule has 1 aliphatic rings. The molecule has 0 N–H and O–H groups in total. The highest BCUT2D eigenvalue weighted by Crippen LogP contribution is 2.22.